The zero-order chi connectivity index (χ0) is 28.4. The molecule has 0 amide bonds. The van der Waals surface area contributed by atoms with Crippen molar-refractivity contribution in [3.63, 3.8) is 0 Å². The minimum absolute atomic E-state index is 0.210. The van der Waals surface area contributed by atoms with Crippen molar-refractivity contribution in [3.8, 4) is 11.1 Å². The molecular weight excluding hydrogens is 510 g/mol. The molecule has 0 unspecified atom stereocenters. The van der Waals surface area contributed by atoms with Gasteiger partial charge in [-0.25, -0.2) is 13.8 Å². The molecule has 1 saturated heterocycles. The number of fused-ring (bicyclic) bond motifs is 1. The molecule has 40 heavy (non-hydrogen) atoms. The first kappa shape index (κ1) is 28.9. The summed E-state index contributed by atoms with van der Waals surface area (Å²) in [6.45, 7) is 13.5. The van der Waals surface area contributed by atoms with E-state index in [-0.39, 0.29) is 12.5 Å². The van der Waals surface area contributed by atoms with Crippen molar-refractivity contribution in [3.05, 3.63) is 42.2 Å². The third-order valence-electron chi connectivity index (χ3n) is 8.71. The van der Waals surface area contributed by atoms with Crippen LogP contribution in [-0.4, -0.2) is 79.7 Å². The molecule has 0 bridgehead atoms. The fourth-order valence-corrected chi connectivity index (χ4v) is 6.14. The fraction of sp³-hybridized carbons (Fsp3) is 0.613. The predicted octanol–water partition coefficient (Wildman–Crippen LogP) is 5.95. The number of anilines is 1. The van der Waals surface area contributed by atoms with E-state index in [1.54, 1.807) is 6.92 Å². The van der Waals surface area contributed by atoms with E-state index < -0.39 is 18.1 Å². The molecule has 2 fully saturated rings. The lowest BCUT2D eigenvalue weighted by molar-refractivity contribution is 0.0104. The maximum absolute atomic E-state index is 12.9. The van der Waals surface area contributed by atoms with E-state index in [9.17, 15) is 13.9 Å². The molecule has 2 N–H and O–H groups in total. The molecule has 1 aliphatic carbocycles. The van der Waals surface area contributed by atoms with Crippen LogP contribution in [0, 0.1) is 0 Å². The standard InChI is InChI=1S/C31H44F2N6O/c1-21(2)38-15-13-37(14-16-38)19-23-5-7-24(8-6-23)27-20-39(25-9-11-31(4,40)12-10-25)29-26(27)18-34-30(36-29)35-22(3)17-28(32)33/h5-8,18,20-22,25,28,40H,9-17,19H2,1-4H3,(H,34,35,36)/t22-,25-,31-/m1/s1. The summed E-state index contributed by atoms with van der Waals surface area (Å²) in [6.07, 6.45) is 4.50. The third-order valence-corrected chi connectivity index (χ3v) is 8.71. The van der Waals surface area contributed by atoms with Crippen LogP contribution >= 0.6 is 0 Å². The highest BCUT2D eigenvalue weighted by Crippen LogP contribution is 2.39. The molecule has 3 heterocycles. The first-order chi connectivity index (χ1) is 19.1. The van der Waals surface area contributed by atoms with Gasteiger partial charge >= 0.3 is 0 Å². The molecular formula is C31H44F2N6O. The Bertz CT molecular complexity index is 1260. The second-order valence-electron chi connectivity index (χ2n) is 12.4. The lowest BCUT2D eigenvalue weighted by atomic mass is 9.83. The van der Waals surface area contributed by atoms with Crippen molar-refractivity contribution in [1.29, 1.82) is 0 Å². The molecule has 1 saturated carbocycles. The number of alkyl halides is 2. The molecule has 1 aliphatic heterocycles. The Kier molecular flexibility index (Phi) is 8.73. The molecule has 0 spiro atoms. The summed E-state index contributed by atoms with van der Waals surface area (Å²) >= 11 is 0. The van der Waals surface area contributed by atoms with Crippen LogP contribution in [0.25, 0.3) is 22.2 Å². The molecule has 1 aromatic carbocycles. The van der Waals surface area contributed by atoms with Crippen molar-refractivity contribution in [2.75, 3.05) is 31.5 Å². The predicted molar refractivity (Wildman–Crippen MR) is 157 cm³/mol. The number of hydrogen-bond donors (Lipinski definition) is 2. The number of rotatable bonds is 9. The summed E-state index contributed by atoms with van der Waals surface area (Å²) in [7, 11) is 0. The lowest BCUT2D eigenvalue weighted by Gasteiger charge is -2.36. The SMILES string of the molecule is CC(C)N1CCN(Cc2ccc(-c3cn([C@H]4CC[C@](C)(O)CC4)c4nc(N[C@H](C)CC(F)F)ncc34)cc2)CC1. The Morgan fingerprint density at radius 3 is 2.35 bits per heavy atom. The minimum atomic E-state index is -2.38. The van der Waals surface area contributed by atoms with Gasteiger partial charge < -0.3 is 15.0 Å². The van der Waals surface area contributed by atoms with E-state index in [1.165, 1.54) is 5.56 Å². The summed E-state index contributed by atoms with van der Waals surface area (Å²) in [5.41, 5.74) is 3.64. The van der Waals surface area contributed by atoms with Crippen molar-refractivity contribution >= 4 is 17.0 Å². The highest BCUT2D eigenvalue weighted by Gasteiger charge is 2.31. The largest absolute Gasteiger partial charge is 0.390 e. The number of aromatic nitrogens is 3. The monoisotopic (exact) mass is 554 g/mol. The van der Waals surface area contributed by atoms with Crippen LogP contribution < -0.4 is 5.32 Å². The highest BCUT2D eigenvalue weighted by molar-refractivity contribution is 5.94. The van der Waals surface area contributed by atoms with Gasteiger partial charge in [0.2, 0.25) is 12.4 Å². The van der Waals surface area contributed by atoms with E-state index in [4.69, 9.17) is 4.98 Å². The average Bonchev–Trinajstić information content (AvgIpc) is 3.28. The highest BCUT2D eigenvalue weighted by atomic mass is 19.3. The van der Waals surface area contributed by atoms with E-state index in [0.717, 1.165) is 80.6 Å². The molecule has 7 nitrogen and oxygen atoms in total. The fourth-order valence-electron chi connectivity index (χ4n) is 6.14. The Labute approximate surface area is 236 Å². The van der Waals surface area contributed by atoms with Crippen molar-refractivity contribution in [2.45, 2.75) is 96.5 Å². The van der Waals surface area contributed by atoms with Gasteiger partial charge in [0.15, 0.2) is 0 Å². The van der Waals surface area contributed by atoms with Gasteiger partial charge in [-0.2, -0.15) is 4.98 Å². The number of piperazine rings is 1. The Hall–Kier alpha value is -2.62. The molecule has 1 atom stereocenters. The molecule has 2 aliphatic rings. The van der Waals surface area contributed by atoms with Gasteiger partial charge in [0, 0.05) is 80.6 Å². The number of benzene rings is 1. The van der Waals surface area contributed by atoms with Gasteiger partial charge in [-0.3, -0.25) is 9.80 Å². The molecule has 9 heteroatoms. The Morgan fingerprint density at radius 1 is 1.05 bits per heavy atom. The first-order valence-electron chi connectivity index (χ1n) is 14.8. The van der Waals surface area contributed by atoms with Crippen LogP contribution in [0.2, 0.25) is 0 Å². The van der Waals surface area contributed by atoms with E-state index in [1.807, 2.05) is 13.1 Å². The molecule has 218 valence electrons. The van der Waals surface area contributed by atoms with Crippen LogP contribution in [0.4, 0.5) is 14.7 Å². The summed E-state index contributed by atoms with van der Waals surface area (Å²) in [5.74, 6) is 0.363. The zero-order valence-corrected chi connectivity index (χ0v) is 24.3. The molecule has 0 radical (unpaired) electrons. The molecule has 5 rings (SSSR count). The average molecular weight is 555 g/mol. The molecule has 2 aromatic heterocycles. The Balaban J connectivity index is 1.39. The van der Waals surface area contributed by atoms with Crippen LogP contribution in [-0.2, 0) is 6.54 Å². The van der Waals surface area contributed by atoms with Gasteiger partial charge in [0.1, 0.15) is 5.65 Å². The van der Waals surface area contributed by atoms with Crippen molar-refractivity contribution in [2.24, 2.45) is 0 Å². The topological polar surface area (TPSA) is 69.5 Å². The normalized spacial score (nSPS) is 23.8. The lowest BCUT2D eigenvalue weighted by Crippen LogP contribution is -2.48. The van der Waals surface area contributed by atoms with Crippen LogP contribution in [0.3, 0.4) is 0 Å². The molecule has 3 aromatic rings. The van der Waals surface area contributed by atoms with E-state index in [0.29, 0.717) is 12.0 Å². The second kappa shape index (κ2) is 12.1. The summed E-state index contributed by atoms with van der Waals surface area (Å²) in [6, 6.07) is 9.17. The van der Waals surface area contributed by atoms with Crippen molar-refractivity contribution < 1.29 is 13.9 Å². The summed E-state index contributed by atoms with van der Waals surface area (Å²) in [4.78, 5) is 14.4. The minimum Gasteiger partial charge on any atom is -0.390 e. The summed E-state index contributed by atoms with van der Waals surface area (Å²) < 4.78 is 28.0. The second-order valence-corrected chi connectivity index (χ2v) is 12.4. The van der Waals surface area contributed by atoms with Crippen molar-refractivity contribution in [1.82, 2.24) is 24.3 Å². The first-order valence-corrected chi connectivity index (χ1v) is 14.8. The van der Waals surface area contributed by atoms with Gasteiger partial charge in [-0.1, -0.05) is 24.3 Å². The zero-order valence-electron chi connectivity index (χ0n) is 24.3. The smallest absolute Gasteiger partial charge is 0.240 e. The number of nitrogens with one attached hydrogen (secondary N) is 1. The maximum atomic E-state index is 12.9. The number of halogens is 2. The number of nitrogens with zero attached hydrogens (tertiary/aromatic N) is 5. The van der Waals surface area contributed by atoms with Crippen LogP contribution in [0.15, 0.2) is 36.7 Å². The number of hydrogen-bond acceptors (Lipinski definition) is 6. The van der Waals surface area contributed by atoms with Crippen LogP contribution in [0.5, 0.6) is 0 Å². The van der Waals surface area contributed by atoms with Gasteiger partial charge in [-0.15, -0.1) is 0 Å². The van der Waals surface area contributed by atoms with Gasteiger partial charge in [-0.05, 0) is 64.5 Å². The Morgan fingerprint density at radius 2 is 1.73 bits per heavy atom. The van der Waals surface area contributed by atoms with Gasteiger partial charge in [0.25, 0.3) is 0 Å². The van der Waals surface area contributed by atoms with Gasteiger partial charge in [0.05, 0.1) is 5.60 Å². The van der Waals surface area contributed by atoms with E-state index >= 15 is 0 Å². The quantitative estimate of drug-likeness (QED) is 0.341. The maximum Gasteiger partial charge on any atom is 0.240 e. The van der Waals surface area contributed by atoms with Crippen LogP contribution in [0.1, 0.15) is 71.4 Å². The third kappa shape index (κ3) is 6.81. The van der Waals surface area contributed by atoms with E-state index in [2.05, 4.69) is 69.0 Å². The number of aliphatic hydroxyl groups is 1. The summed E-state index contributed by atoms with van der Waals surface area (Å²) in [5, 5.41) is 14.5.